The SMILES string of the molecule is CC[C@@H](C)NC(=O)[C@H](CC)N(Cc1ccccc1Cl)C(=O)CN(c1ccc(C)cc1)S(=O)(=O)c1ccc(OC)c(Br)c1. The summed E-state index contributed by atoms with van der Waals surface area (Å²) in [4.78, 5) is 29.0. The van der Waals surface area contributed by atoms with Crippen LogP contribution in [0.4, 0.5) is 5.69 Å². The van der Waals surface area contributed by atoms with Crippen LogP contribution in [0.15, 0.2) is 76.1 Å². The Hall–Kier alpha value is -3.08. The van der Waals surface area contributed by atoms with E-state index in [0.717, 1.165) is 16.3 Å². The quantitative estimate of drug-likeness (QED) is 0.228. The fourth-order valence-electron chi connectivity index (χ4n) is 4.35. The summed E-state index contributed by atoms with van der Waals surface area (Å²) in [6, 6.07) is 17.4. The monoisotopic (exact) mass is 677 g/mol. The summed E-state index contributed by atoms with van der Waals surface area (Å²) in [5, 5.41) is 3.41. The number of carbonyl (C=O) groups is 2. The summed E-state index contributed by atoms with van der Waals surface area (Å²) in [6.07, 6.45) is 1.04. The maximum atomic E-state index is 14.2. The highest BCUT2D eigenvalue weighted by Gasteiger charge is 2.34. The molecule has 3 aromatic rings. The molecular weight excluding hydrogens is 642 g/mol. The fourth-order valence-corrected chi connectivity index (χ4v) is 6.67. The molecule has 0 radical (unpaired) electrons. The van der Waals surface area contributed by atoms with Crippen LogP contribution in [0.1, 0.15) is 44.7 Å². The number of nitrogens with one attached hydrogen (secondary N) is 1. The van der Waals surface area contributed by atoms with Gasteiger partial charge in [0.25, 0.3) is 10.0 Å². The second-order valence-electron chi connectivity index (χ2n) is 10.00. The van der Waals surface area contributed by atoms with Crippen molar-refractivity contribution >= 4 is 55.1 Å². The first-order valence-corrected chi connectivity index (χ1v) is 16.3. The molecule has 0 unspecified atom stereocenters. The third-order valence-corrected chi connectivity index (χ3v) is 9.76. The molecule has 0 bridgehead atoms. The Morgan fingerprint density at radius 2 is 1.69 bits per heavy atom. The number of carbonyl (C=O) groups excluding carboxylic acids is 2. The summed E-state index contributed by atoms with van der Waals surface area (Å²) in [5.41, 5.74) is 1.89. The third kappa shape index (κ3) is 8.05. The number of nitrogens with zero attached hydrogens (tertiary/aromatic N) is 2. The maximum Gasteiger partial charge on any atom is 0.264 e. The molecule has 0 aromatic heterocycles. The van der Waals surface area contributed by atoms with Crippen molar-refractivity contribution in [2.24, 2.45) is 0 Å². The van der Waals surface area contributed by atoms with Gasteiger partial charge in [-0.3, -0.25) is 13.9 Å². The molecule has 0 saturated heterocycles. The lowest BCUT2D eigenvalue weighted by atomic mass is 10.1. The smallest absolute Gasteiger partial charge is 0.264 e. The molecular formula is C31H37BrClN3O5S. The Morgan fingerprint density at radius 3 is 2.26 bits per heavy atom. The number of amides is 2. The van der Waals surface area contributed by atoms with Crippen molar-refractivity contribution in [2.75, 3.05) is 18.0 Å². The molecule has 3 rings (SSSR count). The summed E-state index contributed by atoms with van der Waals surface area (Å²) < 4.78 is 35.0. The normalized spacial score (nSPS) is 12.7. The van der Waals surface area contributed by atoms with E-state index in [1.165, 1.54) is 24.1 Å². The second-order valence-corrected chi connectivity index (χ2v) is 13.1. The topological polar surface area (TPSA) is 96.0 Å². The fraction of sp³-hybridized carbons (Fsp3) is 0.355. The standard InChI is InChI=1S/C31H37BrClN3O5S/c1-6-22(4)34-31(38)28(7-2)35(19-23-10-8-9-11-27(23)33)30(37)20-36(24-14-12-21(3)13-15-24)42(39,40)25-16-17-29(41-5)26(32)18-25/h8-18,22,28H,6-7,19-20H2,1-5H3,(H,34,38)/t22-,28+/m1/s1. The number of rotatable bonds is 13. The minimum Gasteiger partial charge on any atom is -0.496 e. The number of aryl methyl sites for hydroxylation is 1. The number of halogens is 2. The first kappa shape index (κ1) is 33.4. The molecule has 0 saturated carbocycles. The molecule has 226 valence electrons. The summed E-state index contributed by atoms with van der Waals surface area (Å²) in [6.45, 7) is 7.05. The lowest BCUT2D eigenvalue weighted by molar-refractivity contribution is -0.140. The van der Waals surface area contributed by atoms with Gasteiger partial charge in [-0.25, -0.2) is 8.42 Å². The van der Waals surface area contributed by atoms with Crippen molar-refractivity contribution in [2.45, 2.75) is 64.1 Å². The zero-order chi connectivity index (χ0) is 31.0. The van der Waals surface area contributed by atoms with E-state index in [-0.39, 0.29) is 23.4 Å². The molecule has 0 heterocycles. The van der Waals surface area contributed by atoms with Crippen LogP contribution < -0.4 is 14.4 Å². The minimum absolute atomic E-state index is 0.0252. The number of hydrogen-bond acceptors (Lipinski definition) is 5. The number of hydrogen-bond donors (Lipinski definition) is 1. The van der Waals surface area contributed by atoms with Crippen LogP contribution in [0.2, 0.25) is 5.02 Å². The Kier molecular flexibility index (Phi) is 11.8. The van der Waals surface area contributed by atoms with Crippen molar-refractivity contribution in [3.63, 3.8) is 0 Å². The highest BCUT2D eigenvalue weighted by Crippen LogP contribution is 2.31. The van der Waals surface area contributed by atoms with E-state index in [2.05, 4.69) is 21.2 Å². The van der Waals surface area contributed by atoms with Gasteiger partial charge in [-0.05, 0) is 84.6 Å². The van der Waals surface area contributed by atoms with Gasteiger partial charge < -0.3 is 15.0 Å². The third-order valence-electron chi connectivity index (χ3n) is 7.00. The molecule has 1 N–H and O–H groups in total. The second kappa shape index (κ2) is 14.9. The number of sulfonamides is 1. The van der Waals surface area contributed by atoms with Gasteiger partial charge in [0.05, 0.1) is 22.2 Å². The molecule has 3 aromatic carbocycles. The van der Waals surface area contributed by atoms with E-state index in [0.29, 0.717) is 32.9 Å². The van der Waals surface area contributed by atoms with Crippen molar-refractivity contribution in [1.82, 2.24) is 10.2 Å². The Bertz CT molecular complexity index is 1500. The summed E-state index contributed by atoms with van der Waals surface area (Å²) in [7, 11) is -2.74. The largest absolute Gasteiger partial charge is 0.496 e. The number of ether oxygens (including phenoxy) is 1. The van der Waals surface area contributed by atoms with Crippen LogP contribution in [0, 0.1) is 6.92 Å². The average molecular weight is 679 g/mol. The van der Waals surface area contributed by atoms with E-state index in [1.54, 1.807) is 54.6 Å². The molecule has 11 heteroatoms. The highest BCUT2D eigenvalue weighted by molar-refractivity contribution is 9.10. The molecule has 0 aliphatic rings. The Balaban J connectivity index is 2.09. The zero-order valence-electron chi connectivity index (χ0n) is 24.4. The molecule has 0 aliphatic heterocycles. The predicted octanol–water partition coefficient (Wildman–Crippen LogP) is 6.34. The van der Waals surface area contributed by atoms with Gasteiger partial charge in [-0.2, -0.15) is 0 Å². The highest BCUT2D eigenvalue weighted by atomic mass is 79.9. The lowest BCUT2D eigenvalue weighted by Crippen LogP contribution is -2.53. The molecule has 0 aliphatic carbocycles. The first-order valence-electron chi connectivity index (χ1n) is 13.7. The van der Waals surface area contributed by atoms with E-state index < -0.39 is 28.5 Å². The predicted molar refractivity (Wildman–Crippen MR) is 170 cm³/mol. The lowest BCUT2D eigenvalue weighted by Gasteiger charge is -2.34. The maximum absolute atomic E-state index is 14.2. The molecule has 0 spiro atoms. The summed E-state index contributed by atoms with van der Waals surface area (Å²) >= 11 is 9.82. The van der Waals surface area contributed by atoms with Crippen LogP contribution in [0.3, 0.4) is 0 Å². The first-order chi connectivity index (χ1) is 19.9. The van der Waals surface area contributed by atoms with Crippen molar-refractivity contribution in [1.29, 1.82) is 0 Å². The average Bonchev–Trinajstić information content (AvgIpc) is 2.96. The van der Waals surface area contributed by atoms with Gasteiger partial charge in [-0.1, -0.05) is 61.3 Å². The minimum atomic E-state index is -4.23. The van der Waals surface area contributed by atoms with Gasteiger partial charge in [0, 0.05) is 17.6 Å². The van der Waals surface area contributed by atoms with Crippen molar-refractivity contribution in [3.05, 3.63) is 87.4 Å². The van der Waals surface area contributed by atoms with Gasteiger partial charge in [-0.15, -0.1) is 0 Å². The van der Waals surface area contributed by atoms with E-state index >= 15 is 0 Å². The van der Waals surface area contributed by atoms with Crippen LogP contribution in [0.5, 0.6) is 5.75 Å². The van der Waals surface area contributed by atoms with Crippen LogP contribution in [-0.2, 0) is 26.2 Å². The number of anilines is 1. The van der Waals surface area contributed by atoms with E-state index in [4.69, 9.17) is 16.3 Å². The van der Waals surface area contributed by atoms with Crippen LogP contribution in [0.25, 0.3) is 0 Å². The van der Waals surface area contributed by atoms with Gasteiger partial charge in [0.1, 0.15) is 18.3 Å². The molecule has 2 amide bonds. The Labute approximate surface area is 262 Å². The van der Waals surface area contributed by atoms with Crippen molar-refractivity contribution < 1.29 is 22.7 Å². The van der Waals surface area contributed by atoms with Gasteiger partial charge in [0.2, 0.25) is 11.8 Å². The zero-order valence-corrected chi connectivity index (χ0v) is 27.6. The van der Waals surface area contributed by atoms with E-state index in [1.807, 2.05) is 27.7 Å². The van der Waals surface area contributed by atoms with Gasteiger partial charge in [0.15, 0.2) is 0 Å². The molecule has 0 fully saturated rings. The molecule has 42 heavy (non-hydrogen) atoms. The summed E-state index contributed by atoms with van der Waals surface area (Å²) in [5.74, 6) is -0.384. The van der Waals surface area contributed by atoms with Crippen molar-refractivity contribution in [3.8, 4) is 5.75 Å². The molecule has 8 nitrogen and oxygen atoms in total. The number of methoxy groups -OCH3 is 1. The molecule has 2 atom stereocenters. The number of benzene rings is 3. The van der Waals surface area contributed by atoms with E-state index in [9.17, 15) is 18.0 Å². The van der Waals surface area contributed by atoms with Crippen LogP contribution in [-0.4, -0.2) is 50.9 Å². The Morgan fingerprint density at radius 1 is 1.02 bits per heavy atom. The van der Waals surface area contributed by atoms with Gasteiger partial charge >= 0.3 is 0 Å². The van der Waals surface area contributed by atoms with Crippen LogP contribution >= 0.6 is 27.5 Å².